The third-order valence-corrected chi connectivity index (χ3v) is 4.01. The summed E-state index contributed by atoms with van der Waals surface area (Å²) in [6, 6.07) is 22.7. The van der Waals surface area contributed by atoms with E-state index in [-0.39, 0.29) is 12.4 Å². The fourth-order valence-electron chi connectivity index (χ4n) is 2.58. The van der Waals surface area contributed by atoms with E-state index in [1.807, 2.05) is 54.6 Å². The number of carbonyl (C=O) groups is 1. The molecule has 26 heavy (non-hydrogen) atoms. The van der Waals surface area contributed by atoms with Crippen LogP contribution in [0.15, 0.2) is 72.8 Å². The lowest BCUT2D eigenvalue weighted by Crippen LogP contribution is -2.11. The number of hydrogen-bond donors (Lipinski definition) is 0. The Hall–Kier alpha value is -3.27. The molecule has 3 aromatic carbocycles. The van der Waals surface area contributed by atoms with Gasteiger partial charge in [0.1, 0.15) is 17.2 Å². The Morgan fingerprint density at radius 1 is 0.731 bits per heavy atom. The second-order valence-corrected chi connectivity index (χ2v) is 5.70. The summed E-state index contributed by atoms with van der Waals surface area (Å²) in [5.74, 6) is 1.65. The SMILES string of the molecule is COc1cc(OC)cc(OCC(=O)c2ccc(-c3ccccc3)cc2)c1. The van der Waals surface area contributed by atoms with Crippen LogP contribution in [0.25, 0.3) is 11.1 Å². The molecule has 0 atom stereocenters. The number of benzene rings is 3. The van der Waals surface area contributed by atoms with Gasteiger partial charge in [-0.1, -0.05) is 54.6 Å². The van der Waals surface area contributed by atoms with Crippen LogP contribution in [0.4, 0.5) is 0 Å². The van der Waals surface area contributed by atoms with Crippen LogP contribution in [0.3, 0.4) is 0 Å². The van der Waals surface area contributed by atoms with E-state index < -0.39 is 0 Å². The maximum absolute atomic E-state index is 12.4. The van der Waals surface area contributed by atoms with Crippen LogP contribution in [0.2, 0.25) is 0 Å². The van der Waals surface area contributed by atoms with Crippen LogP contribution >= 0.6 is 0 Å². The highest BCUT2D eigenvalue weighted by Crippen LogP contribution is 2.27. The molecular weight excluding hydrogens is 328 g/mol. The van der Waals surface area contributed by atoms with Crippen molar-refractivity contribution in [1.29, 1.82) is 0 Å². The number of Topliss-reactive ketones (excluding diaryl/α,β-unsaturated/α-hetero) is 1. The zero-order valence-electron chi connectivity index (χ0n) is 14.8. The molecule has 0 N–H and O–H groups in total. The highest BCUT2D eigenvalue weighted by Gasteiger charge is 2.09. The van der Waals surface area contributed by atoms with E-state index in [4.69, 9.17) is 14.2 Å². The molecule has 0 fully saturated rings. The van der Waals surface area contributed by atoms with E-state index >= 15 is 0 Å². The van der Waals surface area contributed by atoms with E-state index in [1.54, 1.807) is 32.4 Å². The van der Waals surface area contributed by atoms with Crippen LogP contribution in [0.5, 0.6) is 17.2 Å². The summed E-state index contributed by atoms with van der Waals surface area (Å²) in [7, 11) is 3.13. The highest BCUT2D eigenvalue weighted by molar-refractivity contribution is 5.97. The Bertz CT molecular complexity index is 848. The number of methoxy groups -OCH3 is 2. The van der Waals surface area contributed by atoms with Gasteiger partial charge in [0.25, 0.3) is 0 Å². The summed E-state index contributed by atoms with van der Waals surface area (Å²) < 4.78 is 16.0. The maximum atomic E-state index is 12.4. The minimum atomic E-state index is -0.0913. The second kappa shape index (κ2) is 8.21. The van der Waals surface area contributed by atoms with Gasteiger partial charge in [-0.15, -0.1) is 0 Å². The van der Waals surface area contributed by atoms with Crippen LogP contribution in [0.1, 0.15) is 10.4 Å². The quantitative estimate of drug-likeness (QED) is 0.584. The van der Waals surface area contributed by atoms with Crippen molar-refractivity contribution in [3.63, 3.8) is 0 Å². The normalized spacial score (nSPS) is 10.2. The molecule has 0 radical (unpaired) electrons. The van der Waals surface area contributed by atoms with Crippen molar-refractivity contribution in [3.8, 4) is 28.4 Å². The van der Waals surface area contributed by atoms with Crippen molar-refractivity contribution in [3.05, 3.63) is 78.4 Å². The van der Waals surface area contributed by atoms with Gasteiger partial charge in [-0.2, -0.15) is 0 Å². The van der Waals surface area contributed by atoms with E-state index in [0.717, 1.165) is 11.1 Å². The largest absolute Gasteiger partial charge is 0.496 e. The lowest BCUT2D eigenvalue weighted by molar-refractivity contribution is 0.0921. The molecule has 0 aliphatic rings. The Balaban J connectivity index is 1.67. The van der Waals surface area contributed by atoms with Crippen LogP contribution in [-0.4, -0.2) is 26.6 Å². The molecule has 4 heteroatoms. The molecule has 0 saturated carbocycles. The predicted molar refractivity (Wildman–Crippen MR) is 101 cm³/mol. The zero-order valence-corrected chi connectivity index (χ0v) is 14.8. The standard InChI is InChI=1S/C22H20O4/c1-24-19-12-20(25-2)14-21(13-19)26-15-22(23)18-10-8-17(9-11-18)16-6-4-3-5-7-16/h3-14H,15H2,1-2H3. The van der Waals surface area contributed by atoms with Crippen molar-refractivity contribution >= 4 is 5.78 Å². The smallest absolute Gasteiger partial charge is 0.200 e. The molecule has 0 heterocycles. The summed E-state index contributed by atoms with van der Waals surface area (Å²) >= 11 is 0. The fourth-order valence-corrected chi connectivity index (χ4v) is 2.58. The van der Waals surface area contributed by atoms with Crippen molar-refractivity contribution in [2.45, 2.75) is 0 Å². The minimum absolute atomic E-state index is 0.0546. The average molecular weight is 348 g/mol. The molecule has 0 spiro atoms. The molecule has 0 aliphatic carbocycles. The molecule has 0 unspecified atom stereocenters. The van der Waals surface area contributed by atoms with E-state index in [9.17, 15) is 4.79 Å². The van der Waals surface area contributed by atoms with Crippen LogP contribution in [0, 0.1) is 0 Å². The van der Waals surface area contributed by atoms with Gasteiger partial charge in [0, 0.05) is 23.8 Å². The van der Waals surface area contributed by atoms with Gasteiger partial charge in [0.2, 0.25) is 0 Å². The van der Waals surface area contributed by atoms with Gasteiger partial charge in [0.05, 0.1) is 14.2 Å². The highest BCUT2D eigenvalue weighted by atomic mass is 16.5. The number of ketones is 1. The van der Waals surface area contributed by atoms with Gasteiger partial charge >= 0.3 is 0 Å². The molecule has 0 aromatic heterocycles. The van der Waals surface area contributed by atoms with Crippen molar-refractivity contribution < 1.29 is 19.0 Å². The number of ether oxygens (including phenoxy) is 3. The monoisotopic (exact) mass is 348 g/mol. The van der Waals surface area contributed by atoms with Gasteiger partial charge in [-0.3, -0.25) is 4.79 Å². The van der Waals surface area contributed by atoms with Crippen LogP contribution < -0.4 is 14.2 Å². The lowest BCUT2D eigenvalue weighted by Gasteiger charge is -2.10. The maximum Gasteiger partial charge on any atom is 0.200 e. The summed E-state index contributed by atoms with van der Waals surface area (Å²) in [6.45, 7) is -0.0546. The summed E-state index contributed by atoms with van der Waals surface area (Å²) in [5.41, 5.74) is 2.80. The van der Waals surface area contributed by atoms with E-state index in [0.29, 0.717) is 22.8 Å². The van der Waals surface area contributed by atoms with Crippen molar-refractivity contribution in [2.75, 3.05) is 20.8 Å². The first kappa shape index (κ1) is 17.5. The fraction of sp³-hybridized carbons (Fsp3) is 0.136. The number of hydrogen-bond acceptors (Lipinski definition) is 4. The van der Waals surface area contributed by atoms with Crippen molar-refractivity contribution in [1.82, 2.24) is 0 Å². The van der Waals surface area contributed by atoms with Gasteiger partial charge in [-0.05, 0) is 11.1 Å². The van der Waals surface area contributed by atoms with Crippen molar-refractivity contribution in [2.24, 2.45) is 0 Å². The lowest BCUT2D eigenvalue weighted by atomic mass is 10.0. The van der Waals surface area contributed by atoms with Crippen LogP contribution in [-0.2, 0) is 0 Å². The average Bonchev–Trinajstić information content (AvgIpc) is 2.72. The third-order valence-electron chi connectivity index (χ3n) is 4.01. The molecule has 132 valence electrons. The molecule has 0 amide bonds. The third kappa shape index (κ3) is 4.22. The Morgan fingerprint density at radius 2 is 1.27 bits per heavy atom. The topological polar surface area (TPSA) is 44.8 Å². The summed E-state index contributed by atoms with van der Waals surface area (Å²) in [6.07, 6.45) is 0. The zero-order chi connectivity index (χ0) is 18.4. The Labute approximate surface area is 153 Å². The Morgan fingerprint density at radius 3 is 1.85 bits per heavy atom. The molecule has 4 nitrogen and oxygen atoms in total. The summed E-state index contributed by atoms with van der Waals surface area (Å²) in [5, 5.41) is 0. The summed E-state index contributed by atoms with van der Waals surface area (Å²) in [4.78, 5) is 12.4. The van der Waals surface area contributed by atoms with E-state index in [2.05, 4.69) is 0 Å². The first-order chi connectivity index (χ1) is 12.7. The molecule has 3 aromatic rings. The molecular formula is C22H20O4. The molecule has 0 saturated heterocycles. The first-order valence-electron chi connectivity index (χ1n) is 8.24. The Kier molecular flexibility index (Phi) is 5.54. The van der Waals surface area contributed by atoms with Gasteiger partial charge < -0.3 is 14.2 Å². The number of rotatable bonds is 7. The first-order valence-corrected chi connectivity index (χ1v) is 8.24. The predicted octanol–water partition coefficient (Wildman–Crippen LogP) is 4.63. The van der Waals surface area contributed by atoms with E-state index in [1.165, 1.54) is 0 Å². The van der Waals surface area contributed by atoms with Gasteiger partial charge in [0.15, 0.2) is 12.4 Å². The van der Waals surface area contributed by atoms with Gasteiger partial charge in [-0.25, -0.2) is 0 Å². The second-order valence-electron chi connectivity index (χ2n) is 5.70. The number of carbonyl (C=O) groups excluding carboxylic acids is 1. The molecule has 0 bridgehead atoms. The minimum Gasteiger partial charge on any atom is -0.496 e. The molecule has 3 rings (SSSR count). The molecule has 0 aliphatic heterocycles.